The number of benzene rings is 2. The summed E-state index contributed by atoms with van der Waals surface area (Å²) in [6.07, 6.45) is -1.51. The predicted molar refractivity (Wildman–Crippen MR) is 87.2 cm³/mol. The molecule has 0 fully saturated rings. The maximum Gasteiger partial charge on any atom is 0.573 e. The van der Waals surface area contributed by atoms with Crippen LogP contribution >= 0.6 is 0 Å². The van der Waals surface area contributed by atoms with Crippen molar-refractivity contribution in [2.75, 3.05) is 0 Å². The molecule has 0 bridgehead atoms. The molecular formula is C18H18F4OSi. The highest BCUT2D eigenvalue weighted by Gasteiger charge is 2.32. The van der Waals surface area contributed by atoms with Crippen LogP contribution in [0.4, 0.5) is 17.6 Å². The molecule has 128 valence electrons. The average Bonchev–Trinajstić information content (AvgIpc) is 2.53. The summed E-state index contributed by atoms with van der Waals surface area (Å²) in [6.45, 7) is 2.15. The first-order valence-electron chi connectivity index (χ1n) is 7.74. The van der Waals surface area contributed by atoms with Crippen LogP contribution in [-0.2, 0) is 12.5 Å². The molecule has 2 radical (unpaired) electrons. The molecule has 0 saturated heterocycles. The minimum absolute atomic E-state index is 0.284. The Morgan fingerprint density at radius 1 is 1.00 bits per heavy atom. The van der Waals surface area contributed by atoms with Crippen molar-refractivity contribution in [1.82, 2.24) is 0 Å². The second-order valence-corrected chi connectivity index (χ2v) is 6.75. The zero-order chi connectivity index (χ0) is 17.6. The highest BCUT2D eigenvalue weighted by Crippen LogP contribution is 2.24. The van der Waals surface area contributed by atoms with E-state index in [1.807, 2.05) is 0 Å². The highest BCUT2D eigenvalue weighted by atomic mass is 28.2. The van der Waals surface area contributed by atoms with E-state index in [1.54, 1.807) is 0 Å². The molecule has 6 heteroatoms. The number of hydrogen-bond acceptors (Lipinski definition) is 1. The number of unbranched alkanes of at least 4 members (excludes halogenated alkanes) is 1. The molecule has 0 spiro atoms. The number of aryl methyl sites for hydroxylation is 1. The number of alkyl halides is 3. The normalized spacial score (nSPS) is 11.5. The Bertz CT molecular complexity index is 653. The molecule has 2 aromatic carbocycles. The second-order valence-electron chi connectivity index (χ2n) is 5.47. The Morgan fingerprint density at radius 2 is 1.67 bits per heavy atom. The van der Waals surface area contributed by atoms with Gasteiger partial charge in [-0.25, -0.2) is 4.39 Å². The van der Waals surface area contributed by atoms with E-state index in [0.717, 1.165) is 43.0 Å². The van der Waals surface area contributed by atoms with E-state index in [1.165, 1.54) is 11.6 Å². The summed E-state index contributed by atoms with van der Waals surface area (Å²) in [5.74, 6) is -1.79. The Morgan fingerprint density at radius 3 is 2.25 bits per heavy atom. The lowest BCUT2D eigenvalue weighted by molar-refractivity contribution is -0.275. The first-order valence-corrected chi connectivity index (χ1v) is 8.95. The van der Waals surface area contributed by atoms with E-state index in [2.05, 4.69) is 35.9 Å². The van der Waals surface area contributed by atoms with Crippen molar-refractivity contribution in [3.63, 3.8) is 0 Å². The molecular weight excluding hydrogens is 336 g/mol. The maximum atomic E-state index is 13.7. The van der Waals surface area contributed by atoms with E-state index in [9.17, 15) is 17.6 Å². The predicted octanol–water partition coefficient (Wildman–Crippen LogP) is 4.60. The highest BCUT2D eigenvalue weighted by molar-refractivity contribution is 6.52. The summed E-state index contributed by atoms with van der Waals surface area (Å²) >= 11 is 0. The van der Waals surface area contributed by atoms with Gasteiger partial charge in [-0.1, -0.05) is 54.4 Å². The number of ether oxygens (including phenoxy) is 1. The lowest BCUT2D eigenvalue weighted by Crippen LogP contribution is -2.21. The monoisotopic (exact) mass is 354 g/mol. The molecule has 24 heavy (non-hydrogen) atoms. The summed E-state index contributed by atoms with van der Waals surface area (Å²) in [5.41, 5.74) is 2.42. The van der Waals surface area contributed by atoms with Crippen LogP contribution in [0.5, 0.6) is 5.75 Å². The van der Waals surface area contributed by atoms with E-state index >= 15 is 0 Å². The van der Waals surface area contributed by atoms with Crippen LogP contribution in [0.1, 0.15) is 30.9 Å². The van der Waals surface area contributed by atoms with Gasteiger partial charge in [0.2, 0.25) is 0 Å². The van der Waals surface area contributed by atoms with E-state index in [-0.39, 0.29) is 9.52 Å². The molecule has 0 amide bonds. The van der Waals surface area contributed by atoms with Crippen molar-refractivity contribution in [2.24, 2.45) is 0 Å². The van der Waals surface area contributed by atoms with E-state index < -0.39 is 17.9 Å². The topological polar surface area (TPSA) is 9.23 Å². The number of rotatable bonds is 7. The van der Waals surface area contributed by atoms with Crippen molar-refractivity contribution in [3.8, 4) is 5.75 Å². The molecule has 0 unspecified atom stereocenters. The van der Waals surface area contributed by atoms with Gasteiger partial charge >= 0.3 is 6.36 Å². The summed E-state index contributed by atoms with van der Waals surface area (Å²) < 4.78 is 53.6. The SMILES string of the molecule is CCCCc1ccc(C[Si]c2ccc(OC(F)(F)F)c(F)c2)cc1. The van der Waals surface area contributed by atoms with Crippen molar-refractivity contribution in [3.05, 3.63) is 59.4 Å². The second kappa shape index (κ2) is 8.33. The Hall–Kier alpha value is -1.82. The fourth-order valence-electron chi connectivity index (χ4n) is 2.23. The van der Waals surface area contributed by atoms with Crippen molar-refractivity contribution in [2.45, 2.75) is 38.6 Å². The van der Waals surface area contributed by atoms with Crippen LogP contribution in [0.3, 0.4) is 0 Å². The van der Waals surface area contributed by atoms with Gasteiger partial charge in [0, 0.05) is 0 Å². The smallest absolute Gasteiger partial charge is 0.403 e. The molecule has 0 atom stereocenters. The Balaban J connectivity index is 1.93. The average molecular weight is 354 g/mol. The molecule has 0 saturated carbocycles. The molecule has 0 heterocycles. The minimum Gasteiger partial charge on any atom is -0.403 e. The van der Waals surface area contributed by atoms with Crippen LogP contribution in [0.2, 0.25) is 0 Å². The van der Waals surface area contributed by atoms with Gasteiger partial charge < -0.3 is 4.74 Å². The van der Waals surface area contributed by atoms with Gasteiger partial charge in [0.1, 0.15) is 0 Å². The summed E-state index contributed by atoms with van der Waals surface area (Å²) in [5, 5.41) is 0.664. The Kier molecular flexibility index (Phi) is 6.42. The van der Waals surface area contributed by atoms with Gasteiger partial charge in [0.05, 0.1) is 9.52 Å². The van der Waals surface area contributed by atoms with Gasteiger partial charge in [0.25, 0.3) is 0 Å². The zero-order valence-electron chi connectivity index (χ0n) is 13.3. The summed E-state index contributed by atoms with van der Waals surface area (Å²) in [7, 11) is 0.284. The third-order valence-electron chi connectivity index (χ3n) is 3.50. The quantitative estimate of drug-likeness (QED) is 0.522. The molecule has 0 aliphatic heterocycles. The third kappa shape index (κ3) is 6.00. The Labute approximate surface area is 141 Å². The summed E-state index contributed by atoms with van der Waals surface area (Å²) in [4.78, 5) is 0. The molecule has 0 aliphatic rings. The van der Waals surface area contributed by atoms with E-state index in [0.29, 0.717) is 5.19 Å². The van der Waals surface area contributed by atoms with Gasteiger partial charge in [-0.15, -0.1) is 13.2 Å². The standard InChI is InChI=1S/C18H18F4OSi/c1-2-3-4-13-5-7-14(8-6-13)12-24-15-9-10-17(16(19)11-15)23-18(20,21)22/h5-11H,2-4,12H2,1H3. The third-order valence-corrected chi connectivity index (χ3v) is 4.80. The first-order chi connectivity index (χ1) is 11.4. The molecule has 0 aromatic heterocycles. The van der Waals surface area contributed by atoms with Gasteiger partial charge in [-0.3, -0.25) is 0 Å². The minimum atomic E-state index is -4.88. The largest absolute Gasteiger partial charge is 0.573 e. The molecule has 0 aliphatic carbocycles. The lowest BCUT2D eigenvalue weighted by Gasteiger charge is -2.10. The van der Waals surface area contributed by atoms with Crippen molar-refractivity contribution < 1.29 is 22.3 Å². The molecule has 0 N–H and O–H groups in total. The number of halogens is 4. The van der Waals surface area contributed by atoms with Crippen LogP contribution in [0.15, 0.2) is 42.5 Å². The van der Waals surface area contributed by atoms with Crippen molar-refractivity contribution in [1.29, 1.82) is 0 Å². The first kappa shape index (κ1) is 18.5. The van der Waals surface area contributed by atoms with Gasteiger partial charge in [-0.2, -0.15) is 0 Å². The van der Waals surface area contributed by atoms with Crippen LogP contribution < -0.4 is 9.92 Å². The zero-order valence-corrected chi connectivity index (χ0v) is 14.3. The fourth-order valence-corrected chi connectivity index (χ4v) is 3.30. The van der Waals surface area contributed by atoms with Crippen LogP contribution in [0, 0.1) is 5.82 Å². The van der Waals surface area contributed by atoms with Gasteiger partial charge in [0.15, 0.2) is 11.6 Å². The van der Waals surface area contributed by atoms with Gasteiger partial charge in [-0.05, 0) is 36.6 Å². The molecule has 2 rings (SSSR count). The lowest BCUT2D eigenvalue weighted by atomic mass is 10.1. The summed E-state index contributed by atoms with van der Waals surface area (Å²) in [6, 6.07) is 12.6. The molecule has 1 nitrogen and oxygen atoms in total. The fraction of sp³-hybridized carbons (Fsp3) is 0.333. The van der Waals surface area contributed by atoms with Crippen molar-refractivity contribution >= 4 is 14.7 Å². The number of hydrogen-bond donors (Lipinski definition) is 0. The van der Waals surface area contributed by atoms with Crippen LogP contribution in [0.25, 0.3) is 0 Å². The molecule has 2 aromatic rings. The van der Waals surface area contributed by atoms with Crippen LogP contribution in [-0.4, -0.2) is 15.9 Å². The maximum absolute atomic E-state index is 13.7. The van der Waals surface area contributed by atoms with E-state index in [4.69, 9.17) is 0 Å².